The zero-order valence-electron chi connectivity index (χ0n) is 14.8. The molecule has 132 valence electrons. The number of hydrogen-bond donors (Lipinski definition) is 1. The Morgan fingerprint density at radius 3 is 2.75 bits per heavy atom. The van der Waals surface area contributed by atoms with Gasteiger partial charge in [-0.1, -0.05) is 0 Å². The molecule has 1 aliphatic carbocycles. The van der Waals surface area contributed by atoms with Crippen molar-refractivity contribution < 1.29 is 14.3 Å². The molecular weight excluding hydrogens is 324 g/mol. The van der Waals surface area contributed by atoms with Crippen LogP contribution in [-0.2, 0) is 14.3 Å². The average Bonchev–Trinajstić information content (AvgIpc) is 3.34. The van der Waals surface area contributed by atoms with Gasteiger partial charge in [-0.05, 0) is 62.8 Å². The second-order valence-electron chi connectivity index (χ2n) is 6.13. The summed E-state index contributed by atoms with van der Waals surface area (Å²) in [6.45, 7) is 4.18. The van der Waals surface area contributed by atoms with Gasteiger partial charge in [0.2, 0.25) is 5.91 Å². The molecule has 0 aromatic carbocycles. The van der Waals surface area contributed by atoms with E-state index in [9.17, 15) is 9.59 Å². The largest absolute Gasteiger partial charge is 0.467 e. The number of thioether (sulfide) groups is 1. The molecule has 1 aliphatic rings. The summed E-state index contributed by atoms with van der Waals surface area (Å²) in [5.74, 6) is 0.104. The number of nitrogens with zero attached hydrogens (tertiary/aromatic N) is 1. The first kappa shape index (κ1) is 18.6. The topological polar surface area (TPSA) is 60.3 Å². The molecule has 0 radical (unpaired) electrons. The second kappa shape index (κ2) is 8.42. The van der Waals surface area contributed by atoms with Gasteiger partial charge in [-0.3, -0.25) is 4.79 Å². The highest BCUT2D eigenvalue weighted by Crippen LogP contribution is 2.38. The molecule has 1 amide bonds. The van der Waals surface area contributed by atoms with Crippen molar-refractivity contribution in [2.45, 2.75) is 45.2 Å². The number of amides is 1. The summed E-state index contributed by atoms with van der Waals surface area (Å²) in [4.78, 5) is 23.9. The highest BCUT2D eigenvalue weighted by molar-refractivity contribution is 7.98. The van der Waals surface area contributed by atoms with Crippen LogP contribution in [0.3, 0.4) is 0 Å². The lowest BCUT2D eigenvalue weighted by molar-refractivity contribution is -0.144. The Morgan fingerprint density at radius 2 is 2.17 bits per heavy atom. The van der Waals surface area contributed by atoms with Gasteiger partial charge in [0.15, 0.2) is 0 Å². The van der Waals surface area contributed by atoms with Crippen molar-refractivity contribution in [3.8, 4) is 0 Å². The van der Waals surface area contributed by atoms with Gasteiger partial charge >= 0.3 is 5.97 Å². The first-order chi connectivity index (χ1) is 11.5. The lowest BCUT2D eigenvalue weighted by Crippen LogP contribution is -2.41. The molecule has 0 saturated heterocycles. The number of nitrogens with one attached hydrogen (secondary N) is 1. The Labute approximate surface area is 147 Å². The van der Waals surface area contributed by atoms with Crippen molar-refractivity contribution in [3.63, 3.8) is 0 Å². The van der Waals surface area contributed by atoms with E-state index in [1.54, 1.807) is 11.8 Å². The molecule has 1 fully saturated rings. The van der Waals surface area contributed by atoms with Gasteiger partial charge < -0.3 is 14.6 Å². The van der Waals surface area contributed by atoms with Gasteiger partial charge in [0.05, 0.1) is 7.11 Å². The normalized spacial score (nSPS) is 15.5. The van der Waals surface area contributed by atoms with Gasteiger partial charge in [-0.15, -0.1) is 0 Å². The van der Waals surface area contributed by atoms with Crippen molar-refractivity contribution in [1.82, 2.24) is 9.88 Å². The van der Waals surface area contributed by atoms with Crippen LogP contribution in [0.25, 0.3) is 6.08 Å². The van der Waals surface area contributed by atoms with E-state index in [0.717, 1.165) is 11.3 Å². The van der Waals surface area contributed by atoms with E-state index in [4.69, 9.17) is 4.74 Å². The van der Waals surface area contributed by atoms with E-state index in [1.807, 2.05) is 12.3 Å². The number of rotatable bonds is 8. The lowest BCUT2D eigenvalue weighted by atomic mass is 10.2. The minimum Gasteiger partial charge on any atom is -0.467 e. The first-order valence-corrected chi connectivity index (χ1v) is 9.61. The fraction of sp³-hybridized carbons (Fsp3) is 0.556. The highest BCUT2D eigenvalue weighted by atomic mass is 32.2. The molecule has 1 aromatic heterocycles. The smallest absolute Gasteiger partial charge is 0.328 e. The van der Waals surface area contributed by atoms with Gasteiger partial charge in [-0.2, -0.15) is 11.8 Å². The van der Waals surface area contributed by atoms with Gasteiger partial charge in [0, 0.05) is 23.5 Å². The van der Waals surface area contributed by atoms with Crippen LogP contribution < -0.4 is 5.32 Å². The monoisotopic (exact) mass is 350 g/mol. The fourth-order valence-corrected chi connectivity index (χ4v) is 3.35. The quantitative estimate of drug-likeness (QED) is 0.578. The molecule has 0 aliphatic heterocycles. The standard InChI is InChI=1S/C18H26N2O3S/c1-12-11-14(13(2)20(12)15-6-7-15)5-8-17(21)19-16(9-10-24-4)18(22)23-3/h5,8,11,15-16H,6-7,9-10H2,1-4H3,(H,19,21)/b8-5+/t16-/m1/s1. The van der Waals surface area contributed by atoms with Crippen molar-refractivity contribution in [2.24, 2.45) is 0 Å². The maximum absolute atomic E-state index is 12.1. The van der Waals surface area contributed by atoms with Crippen LogP contribution in [0.15, 0.2) is 12.1 Å². The van der Waals surface area contributed by atoms with Crippen molar-refractivity contribution in [2.75, 3.05) is 19.1 Å². The highest BCUT2D eigenvalue weighted by Gasteiger charge is 2.26. The molecule has 1 aromatic rings. The molecule has 24 heavy (non-hydrogen) atoms. The van der Waals surface area contributed by atoms with Crippen LogP contribution in [0.4, 0.5) is 0 Å². The molecule has 0 spiro atoms. The zero-order valence-corrected chi connectivity index (χ0v) is 15.6. The predicted octanol–water partition coefficient (Wildman–Crippen LogP) is 2.86. The van der Waals surface area contributed by atoms with Crippen molar-refractivity contribution in [3.05, 3.63) is 29.1 Å². The minimum atomic E-state index is -0.599. The Bertz CT molecular complexity index is 632. The summed E-state index contributed by atoms with van der Waals surface area (Å²) in [5, 5.41) is 2.73. The number of carbonyl (C=O) groups excluding carboxylic acids is 2. The SMILES string of the molecule is COC(=O)[C@@H](CCSC)NC(=O)/C=C/c1cc(C)n(C2CC2)c1C. The lowest BCUT2D eigenvalue weighted by Gasteiger charge is -2.14. The Hall–Kier alpha value is -1.69. The van der Waals surface area contributed by atoms with E-state index >= 15 is 0 Å². The molecule has 2 rings (SSSR count). The average molecular weight is 350 g/mol. The molecule has 1 atom stereocenters. The third-order valence-electron chi connectivity index (χ3n) is 4.26. The van der Waals surface area contributed by atoms with Crippen LogP contribution >= 0.6 is 11.8 Å². The van der Waals surface area contributed by atoms with E-state index in [0.29, 0.717) is 12.5 Å². The molecule has 0 unspecified atom stereocenters. The fourth-order valence-electron chi connectivity index (χ4n) is 2.88. The Morgan fingerprint density at radius 1 is 1.46 bits per heavy atom. The summed E-state index contributed by atoms with van der Waals surface area (Å²) in [6.07, 6.45) is 8.30. The van der Waals surface area contributed by atoms with Crippen LogP contribution in [0.1, 0.15) is 42.3 Å². The van der Waals surface area contributed by atoms with Crippen LogP contribution in [0.5, 0.6) is 0 Å². The van der Waals surface area contributed by atoms with Crippen molar-refractivity contribution in [1.29, 1.82) is 0 Å². The third-order valence-corrected chi connectivity index (χ3v) is 4.91. The Balaban J connectivity index is 2.01. The number of methoxy groups -OCH3 is 1. The van der Waals surface area contributed by atoms with Crippen LogP contribution in [-0.4, -0.2) is 41.6 Å². The summed E-state index contributed by atoms with van der Waals surface area (Å²) in [7, 11) is 1.34. The number of ether oxygens (including phenoxy) is 1. The van der Waals surface area contributed by atoms with Crippen molar-refractivity contribution >= 4 is 29.7 Å². The van der Waals surface area contributed by atoms with Gasteiger partial charge in [0.1, 0.15) is 6.04 Å². The van der Waals surface area contributed by atoms with E-state index < -0.39 is 12.0 Å². The van der Waals surface area contributed by atoms with E-state index in [-0.39, 0.29) is 5.91 Å². The van der Waals surface area contributed by atoms with E-state index in [1.165, 1.54) is 37.4 Å². The molecule has 5 nitrogen and oxygen atoms in total. The maximum Gasteiger partial charge on any atom is 0.328 e. The predicted molar refractivity (Wildman–Crippen MR) is 98.2 cm³/mol. The third kappa shape index (κ3) is 4.66. The number of aromatic nitrogens is 1. The van der Waals surface area contributed by atoms with Crippen LogP contribution in [0, 0.1) is 13.8 Å². The molecule has 6 heteroatoms. The number of hydrogen-bond acceptors (Lipinski definition) is 4. The maximum atomic E-state index is 12.1. The Kier molecular flexibility index (Phi) is 6.54. The van der Waals surface area contributed by atoms with Gasteiger partial charge in [0.25, 0.3) is 0 Å². The number of aryl methyl sites for hydroxylation is 1. The molecule has 1 N–H and O–H groups in total. The molecule has 1 heterocycles. The zero-order chi connectivity index (χ0) is 17.7. The number of esters is 1. The van der Waals surface area contributed by atoms with E-state index in [2.05, 4.69) is 29.8 Å². The first-order valence-electron chi connectivity index (χ1n) is 8.21. The molecular formula is C18H26N2O3S. The van der Waals surface area contributed by atoms with Crippen LogP contribution in [0.2, 0.25) is 0 Å². The summed E-state index contributed by atoms with van der Waals surface area (Å²) in [5.41, 5.74) is 3.46. The number of carbonyl (C=O) groups is 2. The summed E-state index contributed by atoms with van der Waals surface area (Å²) >= 11 is 1.63. The summed E-state index contributed by atoms with van der Waals surface area (Å²) in [6, 6.07) is 2.12. The minimum absolute atomic E-state index is 0.275. The summed E-state index contributed by atoms with van der Waals surface area (Å²) < 4.78 is 7.09. The molecule has 0 bridgehead atoms. The van der Waals surface area contributed by atoms with Gasteiger partial charge in [-0.25, -0.2) is 4.79 Å². The molecule has 1 saturated carbocycles. The second-order valence-corrected chi connectivity index (χ2v) is 7.11.